The van der Waals surface area contributed by atoms with Crippen LogP contribution in [0.15, 0.2) is 102 Å². The number of carbonyl (C=O) groups is 1. The number of hydrogen-bond acceptors (Lipinski definition) is 4. The Morgan fingerprint density at radius 1 is 0.879 bits per heavy atom. The Bertz CT molecular complexity index is 1360. The molecule has 1 saturated heterocycles. The average molecular weight is 468 g/mol. The van der Waals surface area contributed by atoms with Crippen LogP contribution in [-0.2, 0) is 17.9 Å². The highest BCUT2D eigenvalue weighted by Gasteiger charge is 2.31. The van der Waals surface area contributed by atoms with Gasteiger partial charge in [0.1, 0.15) is 16.7 Å². The van der Waals surface area contributed by atoms with E-state index in [1.807, 2.05) is 72.8 Å². The van der Waals surface area contributed by atoms with Crippen molar-refractivity contribution < 1.29 is 9.53 Å². The third-order valence-electron chi connectivity index (χ3n) is 5.49. The van der Waals surface area contributed by atoms with Crippen molar-refractivity contribution >= 4 is 51.1 Å². The molecule has 0 bridgehead atoms. The van der Waals surface area contributed by atoms with Gasteiger partial charge in [-0.25, -0.2) is 0 Å². The van der Waals surface area contributed by atoms with E-state index in [0.717, 1.165) is 22.4 Å². The Labute approximate surface area is 202 Å². The topological polar surface area (TPSA) is 29.5 Å². The lowest BCUT2D eigenvalue weighted by Crippen LogP contribution is -2.27. The van der Waals surface area contributed by atoms with Gasteiger partial charge in [-0.15, -0.1) is 0 Å². The fourth-order valence-electron chi connectivity index (χ4n) is 3.83. The maximum atomic E-state index is 13.0. The van der Waals surface area contributed by atoms with E-state index in [1.54, 1.807) is 4.90 Å². The van der Waals surface area contributed by atoms with Gasteiger partial charge in [0.2, 0.25) is 0 Å². The molecule has 0 saturated carbocycles. The molecule has 1 heterocycles. The molecule has 1 fully saturated rings. The Morgan fingerprint density at radius 3 is 2.52 bits per heavy atom. The number of amides is 1. The van der Waals surface area contributed by atoms with Crippen LogP contribution in [0.5, 0.6) is 5.75 Å². The predicted molar refractivity (Wildman–Crippen MR) is 140 cm³/mol. The zero-order valence-electron chi connectivity index (χ0n) is 17.8. The summed E-state index contributed by atoms with van der Waals surface area (Å²) in [6.45, 7) is 0.959. The Hall–Kier alpha value is -3.41. The fraction of sp³-hybridized carbons (Fsp3) is 0.0714. The first-order valence-corrected chi connectivity index (χ1v) is 11.9. The number of ether oxygens (including phenoxy) is 1. The molecular weight excluding hydrogens is 446 g/mol. The second-order valence-corrected chi connectivity index (χ2v) is 9.43. The number of fused-ring (bicyclic) bond motifs is 1. The van der Waals surface area contributed by atoms with E-state index >= 15 is 0 Å². The van der Waals surface area contributed by atoms with Crippen molar-refractivity contribution in [2.45, 2.75) is 13.2 Å². The van der Waals surface area contributed by atoms with Gasteiger partial charge >= 0.3 is 0 Å². The van der Waals surface area contributed by atoms with E-state index in [1.165, 1.54) is 22.5 Å². The quantitative estimate of drug-likeness (QED) is 0.230. The molecule has 1 aliphatic heterocycles. The molecule has 4 aromatic carbocycles. The molecule has 162 valence electrons. The highest BCUT2D eigenvalue weighted by molar-refractivity contribution is 8.26. The summed E-state index contributed by atoms with van der Waals surface area (Å²) in [5.41, 5.74) is 3.10. The molecule has 0 aromatic heterocycles. The van der Waals surface area contributed by atoms with Crippen LogP contribution in [-0.4, -0.2) is 15.1 Å². The van der Waals surface area contributed by atoms with Gasteiger partial charge in [0.25, 0.3) is 5.91 Å². The zero-order valence-corrected chi connectivity index (χ0v) is 19.4. The Balaban J connectivity index is 1.31. The smallest absolute Gasteiger partial charge is 0.266 e. The van der Waals surface area contributed by atoms with Gasteiger partial charge in [-0.1, -0.05) is 109 Å². The molecule has 1 aliphatic rings. The lowest BCUT2D eigenvalue weighted by Gasteiger charge is -2.14. The first kappa shape index (κ1) is 21.4. The second kappa shape index (κ2) is 9.61. The van der Waals surface area contributed by atoms with Crippen LogP contribution in [0.25, 0.3) is 16.8 Å². The van der Waals surface area contributed by atoms with Gasteiger partial charge in [-0.2, -0.15) is 0 Å². The van der Waals surface area contributed by atoms with Crippen LogP contribution in [0.4, 0.5) is 0 Å². The van der Waals surface area contributed by atoms with Crippen molar-refractivity contribution in [1.82, 2.24) is 4.90 Å². The number of thioether (sulfide) groups is 1. The van der Waals surface area contributed by atoms with Gasteiger partial charge in [-0.05, 0) is 45.7 Å². The van der Waals surface area contributed by atoms with Crippen LogP contribution in [0.3, 0.4) is 0 Å². The fourth-order valence-corrected chi connectivity index (χ4v) is 5.08. The molecule has 3 nitrogen and oxygen atoms in total. The van der Waals surface area contributed by atoms with Crippen LogP contribution < -0.4 is 4.74 Å². The number of carbonyl (C=O) groups excluding carboxylic acids is 1. The highest BCUT2D eigenvalue weighted by atomic mass is 32.2. The van der Waals surface area contributed by atoms with Crippen LogP contribution >= 0.6 is 24.0 Å². The molecule has 4 aromatic rings. The molecule has 0 N–H and O–H groups in total. The number of hydrogen-bond donors (Lipinski definition) is 0. The molecule has 1 amide bonds. The van der Waals surface area contributed by atoms with Crippen LogP contribution in [0.1, 0.15) is 16.7 Å². The molecule has 5 rings (SSSR count). The normalized spacial score (nSPS) is 14.9. The van der Waals surface area contributed by atoms with Crippen molar-refractivity contribution in [2.24, 2.45) is 0 Å². The Kier molecular flexibility index (Phi) is 6.24. The predicted octanol–water partition coefficient (Wildman–Crippen LogP) is 6.82. The summed E-state index contributed by atoms with van der Waals surface area (Å²) in [6.07, 6.45) is 1.88. The minimum atomic E-state index is -0.0593. The minimum absolute atomic E-state index is 0.0593. The zero-order chi connectivity index (χ0) is 22.6. The standard InChI is InChI=1S/C28H21NO2S2/c30-27-26(33-28(32)29(27)18-20-8-2-1-3-9-20)17-21-10-6-14-24(16-21)31-19-23-13-7-12-22-11-4-5-15-25(22)23/h1-17H,18-19H2. The van der Waals surface area contributed by atoms with Gasteiger partial charge in [0.15, 0.2) is 0 Å². The monoisotopic (exact) mass is 467 g/mol. The van der Waals surface area contributed by atoms with E-state index in [2.05, 4.69) is 30.3 Å². The molecule has 0 aliphatic carbocycles. The maximum absolute atomic E-state index is 13.0. The lowest BCUT2D eigenvalue weighted by atomic mass is 10.1. The van der Waals surface area contributed by atoms with Gasteiger partial charge < -0.3 is 4.74 Å². The molecular formula is C28H21NO2S2. The van der Waals surface area contributed by atoms with Crippen molar-refractivity contribution in [3.63, 3.8) is 0 Å². The summed E-state index contributed by atoms with van der Waals surface area (Å²) < 4.78 is 6.68. The molecule has 0 atom stereocenters. The number of nitrogens with zero attached hydrogens (tertiary/aromatic N) is 1. The lowest BCUT2D eigenvalue weighted by molar-refractivity contribution is -0.122. The third kappa shape index (κ3) is 4.85. The molecule has 0 spiro atoms. The summed E-state index contributed by atoms with van der Waals surface area (Å²) in [6, 6.07) is 32.2. The molecule has 0 unspecified atom stereocenters. The van der Waals surface area contributed by atoms with E-state index in [-0.39, 0.29) is 5.91 Å². The highest BCUT2D eigenvalue weighted by Crippen LogP contribution is 2.34. The van der Waals surface area contributed by atoms with E-state index < -0.39 is 0 Å². The van der Waals surface area contributed by atoms with Crippen molar-refractivity contribution in [1.29, 1.82) is 0 Å². The number of thiocarbonyl (C=S) groups is 1. The van der Waals surface area contributed by atoms with Crippen molar-refractivity contribution in [3.05, 3.63) is 119 Å². The van der Waals surface area contributed by atoms with E-state index in [0.29, 0.717) is 22.4 Å². The van der Waals surface area contributed by atoms with Crippen molar-refractivity contribution in [2.75, 3.05) is 0 Å². The molecule has 0 radical (unpaired) electrons. The first-order chi connectivity index (χ1) is 16.2. The van der Waals surface area contributed by atoms with Crippen LogP contribution in [0.2, 0.25) is 0 Å². The first-order valence-electron chi connectivity index (χ1n) is 10.7. The van der Waals surface area contributed by atoms with E-state index in [4.69, 9.17) is 17.0 Å². The number of benzene rings is 4. The molecule has 33 heavy (non-hydrogen) atoms. The second-order valence-electron chi connectivity index (χ2n) is 7.75. The van der Waals surface area contributed by atoms with Crippen molar-refractivity contribution in [3.8, 4) is 5.75 Å². The molecule has 5 heteroatoms. The summed E-state index contributed by atoms with van der Waals surface area (Å²) in [4.78, 5) is 15.2. The Morgan fingerprint density at radius 2 is 1.64 bits per heavy atom. The van der Waals surface area contributed by atoms with Crippen LogP contribution in [0, 0.1) is 0 Å². The van der Waals surface area contributed by atoms with Gasteiger partial charge in [0.05, 0.1) is 11.4 Å². The SMILES string of the molecule is O=C1C(=Cc2cccc(OCc3cccc4ccccc34)c2)SC(=S)N1Cc1ccccc1. The van der Waals surface area contributed by atoms with Gasteiger partial charge in [0, 0.05) is 0 Å². The summed E-state index contributed by atoms with van der Waals surface area (Å²) in [5.74, 6) is 0.701. The summed E-state index contributed by atoms with van der Waals surface area (Å²) in [5, 5.41) is 2.39. The summed E-state index contributed by atoms with van der Waals surface area (Å²) >= 11 is 6.81. The minimum Gasteiger partial charge on any atom is -0.489 e. The van der Waals surface area contributed by atoms with E-state index in [9.17, 15) is 4.79 Å². The summed E-state index contributed by atoms with van der Waals surface area (Å²) in [7, 11) is 0. The van der Waals surface area contributed by atoms with Gasteiger partial charge in [-0.3, -0.25) is 9.69 Å². The average Bonchev–Trinajstić information content (AvgIpc) is 3.11. The number of rotatable bonds is 6. The third-order valence-corrected chi connectivity index (χ3v) is 6.87. The largest absolute Gasteiger partial charge is 0.489 e. The maximum Gasteiger partial charge on any atom is 0.266 e.